The monoisotopic (exact) mass is 194 g/mol. The van der Waals surface area contributed by atoms with Crippen molar-refractivity contribution in [3.05, 3.63) is 0 Å². The van der Waals surface area contributed by atoms with Gasteiger partial charge in [0.1, 0.15) is 6.61 Å². The third-order valence-electron chi connectivity index (χ3n) is 0.996. The van der Waals surface area contributed by atoms with Crippen molar-refractivity contribution in [3.8, 4) is 0 Å². The van der Waals surface area contributed by atoms with Gasteiger partial charge in [0, 0.05) is 5.75 Å². The van der Waals surface area contributed by atoms with Crippen LogP contribution >= 0.6 is 11.8 Å². The molecule has 1 atom stereocenters. The van der Waals surface area contributed by atoms with Crippen molar-refractivity contribution in [2.45, 2.75) is 6.10 Å². The average molecular weight is 194 g/mol. The molecule has 5 nitrogen and oxygen atoms in total. The molecule has 0 amide bonds. The van der Waals surface area contributed by atoms with Crippen LogP contribution in [-0.4, -0.2) is 46.9 Å². The molecule has 0 aromatic carbocycles. The Kier molecular flexibility index (Phi) is 5.48. The van der Waals surface area contributed by atoms with Gasteiger partial charge in [-0.25, -0.2) is 9.59 Å². The van der Waals surface area contributed by atoms with Gasteiger partial charge in [-0.3, -0.25) is 0 Å². The minimum absolute atomic E-state index is 0.182. The fraction of sp³-hybridized carbons (Fsp3) is 0.667. The topological polar surface area (TPSA) is 83.8 Å². The SMILES string of the molecule is CSCC(OC(=O)CO)C(=O)O. The Balaban J connectivity index is 3.95. The molecule has 0 saturated carbocycles. The average Bonchev–Trinajstić information content (AvgIpc) is 2.03. The number of aliphatic hydroxyl groups excluding tert-OH is 1. The molecule has 0 aromatic rings. The highest BCUT2D eigenvalue weighted by Gasteiger charge is 2.20. The normalized spacial score (nSPS) is 12.2. The molecule has 0 aliphatic heterocycles. The molecule has 12 heavy (non-hydrogen) atoms. The van der Waals surface area contributed by atoms with Gasteiger partial charge in [-0.2, -0.15) is 11.8 Å². The summed E-state index contributed by atoms with van der Waals surface area (Å²) < 4.78 is 4.39. The summed E-state index contributed by atoms with van der Waals surface area (Å²) in [5.41, 5.74) is 0. The summed E-state index contributed by atoms with van der Waals surface area (Å²) in [5, 5.41) is 16.7. The van der Waals surface area contributed by atoms with Crippen LogP contribution in [0, 0.1) is 0 Å². The number of aliphatic carboxylic acids is 1. The minimum atomic E-state index is -1.20. The zero-order valence-corrected chi connectivity index (χ0v) is 7.34. The summed E-state index contributed by atoms with van der Waals surface area (Å²) in [7, 11) is 0. The molecule has 2 N–H and O–H groups in total. The lowest BCUT2D eigenvalue weighted by Crippen LogP contribution is -2.30. The maximum atomic E-state index is 10.5. The first-order valence-corrected chi connectivity index (χ1v) is 4.53. The first-order chi connectivity index (χ1) is 5.61. The molecule has 0 rings (SSSR count). The Morgan fingerprint density at radius 2 is 2.17 bits per heavy atom. The number of hydrogen-bond donors (Lipinski definition) is 2. The van der Waals surface area contributed by atoms with Crippen LogP contribution in [0.5, 0.6) is 0 Å². The molecule has 0 saturated heterocycles. The summed E-state index contributed by atoms with van der Waals surface area (Å²) in [6.45, 7) is -0.793. The Hall–Kier alpha value is -0.750. The molecule has 0 heterocycles. The summed E-state index contributed by atoms with van der Waals surface area (Å²) in [4.78, 5) is 20.8. The van der Waals surface area contributed by atoms with Gasteiger partial charge >= 0.3 is 11.9 Å². The van der Waals surface area contributed by atoms with Crippen LogP contribution in [0.25, 0.3) is 0 Å². The third-order valence-corrected chi connectivity index (χ3v) is 1.63. The smallest absolute Gasteiger partial charge is 0.345 e. The van der Waals surface area contributed by atoms with Gasteiger partial charge in [0.05, 0.1) is 0 Å². The molecule has 0 aliphatic carbocycles. The minimum Gasteiger partial charge on any atom is -0.478 e. The second-order valence-electron chi connectivity index (χ2n) is 1.93. The number of carbonyl (C=O) groups excluding carboxylic acids is 1. The number of carboxylic acids is 1. The quantitative estimate of drug-likeness (QED) is 0.565. The molecule has 0 aliphatic rings. The Morgan fingerprint density at radius 3 is 2.50 bits per heavy atom. The molecule has 6 heteroatoms. The standard InChI is InChI=1S/C6H10O5S/c1-12-3-4(6(9)10)11-5(8)2-7/h4,7H,2-3H2,1H3,(H,9,10). The van der Waals surface area contributed by atoms with Crippen LogP contribution in [0.1, 0.15) is 0 Å². The first kappa shape index (κ1) is 11.2. The van der Waals surface area contributed by atoms with Gasteiger partial charge in [-0.15, -0.1) is 0 Å². The number of thioether (sulfide) groups is 1. The second kappa shape index (κ2) is 5.84. The lowest BCUT2D eigenvalue weighted by Gasteiger charge is -2.10. The van der Waals surface area contributed by atoms with E-state index in [9.17, 15) is 9.59 Å². The molecule has 1 unspecified atom stereocenters. The second-order valence-corrected chi connectivity index (χ2v) is 2.84. The number of esters is 1. The number of hydrogen-bond acceptors (Lipinski definition) is 5. The van der Waals surface area contributed by atoms with Crippen molar-refractivity contribution in [2.24, 2.45) is 0 Å². The van der Waals surface area contributed by atoms with Gasteiger partial charge in [0.15, 0.2) is 0 Å². The van der Waals surface area contributed by atoms with Gasteiger partial charge in [0.25, 0.3) is 0 Å². The number of rotatable bonds is 5. The fourth-order valence-corrected chi connectivity index (χ4v) is 1.02. The highest BCUT2D eigenvalue weighted by atomic mass is 32.2. The summed E-state index contributed by atoms with van der Waals surface area (Å²) in [6, 6.07) is 0. The van der Waals surface area contributed by atoms with E-state index in [4.69, 9.17) is 10.2 Å². The van der Waals surface area contributed by atoms with Gasteiger partial charge in [-0.1, -0.05) is 0 Å². The fourth-order valence-electron chi connectivity index (χ4n) is 0.503. The van der Waals surface area contributed by atoms with E-state index in [0.29, 0.717) is 0 Å². The predicted octanol–water partition coefficient (Wildman–Crippen LogP) is -0.662. The molecule has 0 fully saturated rings. The van der Waals surface area contributed by atoms with Crippen molar-refractivity contribution in [3.63, 3.8) is 0 Å². The van der Waals surface area contributed by atoms with Crippen molar-refractivity contribution < 1.29 is 24.5 Å². The van der Waals surface area contributed by atoms with E-state index >= 15 is 0 Å². The molecule has 0 aromatic heterocycles. The number of aliphatic hydroxyl groups is 1. The molecule has 0 radical (unpaired) electrons. The van der Waals surface area contributed by atoms with E-state index in [1.165, 1.54) is 11.8 Å². The lowest BCUT2D eigenvalue weighted by molar-refractivity contribution is -0.164. The maximum Gasteiger partial charge on any atom is 0.345 e. The largest absolute Gasteiger partial charge is 0.478 e. The van der Waals surface area contributed by atoms with Crippen LogP contribution in [0.15, 0.2) is 0 Å². The highest BCUT2D eigenvalue weighted by Crippen LogP contribution is 2.02. The van der Waals surface area contributed by atoms with Crippen LogP contribution in [-0.2, 0) is 14.3 Å². The van der Waals surface area contributed by atoms with E-state index in [-0.39, 0.29) is 5.75 Å². The van der Waals surface area contributed by atoms with E-state index in [1.54, 1.807) is 6.26 Å². The van der Waals surface area contributed by atoms with Gasteiger partial charge < -0.3 is 14.9 Å². The summed E-state index contributed by atoms with van der Waals surface area (Å²) in [5.74, 6) is -1.94. The van der Waals surface area contributed by atoms with E-state index < -0.39 is 24.6 Å². The summed E-state index contributed by atoms with van der Waals surface area (Å²) in [6.07, 6.45) is 0.530. The predicted molar refractivity (Wildman–Crippen MR) is 43.0 cm³/mol. The number of carboxylic acid groups (broad SMARTS) is 1. The van der Waals surface area contributed by atoms with Crippen LogP contribution in [0.4, 0.5) is 0 Å². The number of carbonyl (C=O) groups is 2. The Bertz CT molecular complexity index is 167. The van der Waals surface area contributed by atoms with Crippen LogP contribution < -0.4 is 0 Å². The van der Waals surface area contributed by atoms with Gasteiger partial charge in [0.2, 0.25) is 6.10 Å². The van der Waals surface area contributed by atoms with E-state index in [2.05, 4.69) is 4.74 Å². The molecule has 70 valence electrons. The Labute approximate surface area is 73.7 Å². The third kappa shape index (κ3) is 4.20. The van der Waals surface area contributed by atoms with Crippen LogP contribution in [0.2, 0.25) is 0 Å². The Morgan fingerprint density at radius 1 is 1.58 bits per heavy atom. The number of ether oxygens (including phenoxy) is 1. The molecule has 0 bridgehead atoms. The van der Waals surface area contributed by atoms with Crippen LogP contribution in [0.3, 0.4) is 0 Å². The summed E-state index contributed by atoms with van der Waals surface area (Å²) >= 11 is 1.25. The van der Waals surface area contributed by atoms with Crippen molar-refractivity contribution in [1.82, 2.24) is 0 Å². The zero-order valence-electron chi connectivity index (χ0n) is 6.52. The highest BCUT2D eigenvalue weighted by molar-refractivity contribution is 7.98. The van der Waals surface area contributed by atoms with E-state index in [1.807, 2.05) is 0 Å². The first-order valence-electron chi connectivity index (χ1n) is 3.14. The van der Waals surface area contributed by atoms with Gasteiger partial charge in [-0.05, 0) is 6.26 Å². The van der Waals surface area contributed by atoms with Crippen molar-refractivity contribution in [2.75, 3.05) is 18.6 Å². The molecular weight excluding hydrogens is 184 g/mol. The maximum absolute atomic E-state index is 10.5. The molecular formula is C6H10O5S. The van der Waals surface area contributed by atoms with Crippen molar-refractivity contribution >= 4 is 23.7 Å². The van der Waals surface area contributed by atoms with Crippen molar-refractivity contribution in [1.29, 1.82) is 0 Å². The zero-order chi connectivity index (χ0) is 9.56. The molecule has 0 spiro atoms. The lowest BCUT2D eigenvalue weighted by atomic mass is 10.4. The van der Waals surface area contributed by atoms with E-state index in [0.717, 1.165) is 0 Å².